The minimum Gasteiger partial charge on any atom is -0.466 e. The minimum atomic E-state index is -0.208. The monoisotopic (exact) mass is 198 g/mol. The highest BCUT2D eigenvalue weighted by molar-refractivity contribution is 5.69. The number of hydrogen-bond donors (Lipinski definition) is 1. The minimum absolute atomic E-state index is 0.208. The van der Waals surface area contributed by atoms with Crippen LogP contribution in [0.25, 0.3) is 0 Å². The third-order valence-corrected chi connectivity index (χ3v) is 1.57. The van der Waals surface area contributed by atoms with Crippen molar-refractivity contribution in [1.29, 1.82) is 0 Å². The molecule has 1 heterocycles. The lowest BCUT2D eigenvalue weighted by Crippen LogP contribution is -2.11. The van der Waals surface area contributed by atoms with Gasteiger partial charge in [0, 0.05) is 12.6 Å². The lowest BCUT2D eigenvalue weighted by molar-refractivity contribution is -0.142. The molecule has 0 aliphatic rings. The maximum absolute atomic E-state index is 10.9. The zero-order valence-electron chi connectivity index (χ0n) is 8.37. The number of ether oxygens (including phenoxy) is 1. The van der Waals surface area contributed by atoms with E-state index in [-0.39, 0.29) is 5.97 Å². The van der Waals surface area contributed by atoms with E-state index in [2.05, 4.69) is 10.5 Å². The third-order valence-electron chi connectivity index (χ3n) is 1.57. The molecule has 0 radical (unpaired) electrons. The largest absolute Gasteiger partial charge is 0.466 e. The van der Waals surface area contributed by atoms with Crippen LogP contribution in [0.15, 0.2) is 10.6 Å². The number of carbonyl (C=O) groups is 1. The van der Waals surface area contributed by atoms with E-state index in [1.165, 1.54) is 0 Å². The van der Waals surface area contributed by atoms with Crippen LogP contribution in [0.1, 0.15) is 19.1 Å². The highest BCUT2D eigenvalue weighted by Crippen LogP contribution is 2.06. The van der Waals surface area contributed by atoms with Crippen LogP contribution < -0.4 is 5.32 Å². The molecule has 0 fully saturated rings. The van der Waals surface area contributed by atoms with Gasteiger partial charge in [-0.15, -0.1) is 0 Å². The van der Waals surface area contributed by atoms with Crippen molar-refractivity contribution in [3.63, 3.8) is 0 Å². The molecule has 78 valence electrons. The molecular weight excluding hydrogens is 184 g/mol. The Morgan fingerprint density at radius 2 is 2.50 bits per heavy atom. The van der Waals surface area contributed by atoms with Gasteiger partial charge in [0.1, 0.15) is 5.76 Å². The van der Waals surface area contributed by atoms with Gasteiger partial charge in [0.25, 0.3) is 0 Å². The Balaban J connectivity index is 2.18. The van der Waals surface area contributed by atoms with Gasteiger partial charge in [-0.25, -0.2) is 0 Å². The van der Waals surface area contributed by atoms with Gasteiger partial charge in [-0.05, 0) is 13.8 Å². The lowest BCUT2D eigenvalue weighted by atomic mass is 10.4. The van der Waals surface area contributed by atoms with Gasteiger partial charge in [-0.2, -0.15) is 0 Å². The number of carbonyl (C=O) groups excluding carboxylic acids is 1. The quantitative estimate of drug-likeness (QED) is 0.723. The Hall–Kier alpha value is -1.52. The Kier molecular flexibility index (Phi) is 3.97. The normalized spacial score (nSPS) is 9.86. The molecule has 14 heavy (non-hydrogen) atoms. The van der Waals surface area contributed by atoms with Crippen molar-refractivity contribution in [1.82, 2.24) is 5.16 Å². The van der Waals surface area contributed by atoms with E-state index in [0.717, 1.165) is 5.76 Å². The van der Waals surface area contributed by atoms with Gasteiger partial charge in [0.15, 0.2) is 5.82 Å². The summed E-state index contributed by atoms with van der Waals surface area (Å²) < 4.78 is 9.60. The first-order valence-corrected chi connectivity index (χ1v) is 4.55. The van der Waals surface area contributed by atoms with Crippen molar-refractivity contribution in [2.75, 3.05) is 18.5 Å². The second kappa shape index (κ2) is 5.26. The number of nitrogens with one attached hydrogen (secondary N) is 1. The van der Waals surface area contributed by atoms with E-state index in [9.17, 15) is 4.79 Å². The molecule has 0 aliphatic carbocycles. The zero-order valence-corrected chi connectivity index (χ0v) is 8.37. The van der Waals surface area contributed by atoms with E-state index in [4.69, 9.17) is 9.26 Å². The average molecular weight is 198 g/mol. The van der Waals surface area contributed by atoms with Crippen LogP contribution in [-0.4, -0.2) is 24.3 Å². The molecule has 1 N–H and O–H groups in total. The summed E-state index contributed by atoms with van der Waals surface area (Å²) in [5.74, 6) is 1.18. The van der Waals surface area contributed by atoms with E-state index >= 15 is 0 Å². The molecule has 0 saturated carbocycles. The molecule has 5 heteroatoms. The fraction of sp³-hybridized carbons (Fsp3) is 0.556. The third kappa shape index (κ3) is 3.47. The molecule has 0 saturated heterocycles. The van der Waals surface area contributed by atoms with E-state index in [1.807, 2.05) is 6.92 Å². The summed E-state index contributed by atoms with van der Waals surface area (Å²) in [6, 6.07) is 1.77. The lowest BCUT2D eigenvalue weighted by Gasteiger charge is -2.01. The molecular formula is C9H14N2O3. The predicted octanol–water partition coefficient (Wildman–Crippen LogP) is 1.35. The summed E-state index contributed by atoms with van der Waals surface area (Å²) in [4.78, 5) is 10.9. The summed E-state index contributed by atoms with van der Waals surface area (Å²) >= 11 is 0. The average Bonchev–Trinajstić information content (AvgIpc) is 2.52. The molecule has 0 spiro atoms. The van der Waals surface area contributed by atoms with Crippen LogP contribution in [0, 0.1) is 6.92 Å². The van der Waals surface area contributed by atoms with Crippen LogP contribution in [0.5, 0.6) is 0 Å². The van der Waals surface area contributed by atoms with E-state index < -0.39 is 0 Å². The first-order chi connectivity index (χ1) is 6.72. The second-order valence-electron chi connectivity index (χ2n) is 2.80. The maximum atomic E-state index is 10.9. The Morgan fingerprint density at radius 1 is 1.71 bits per heavy atom. The number of nitrogens with zero attached hydrogens (tertiary/aromatic N) is 1. The number of aryl methyl sites for hydroxylation is 1. The van der Waals surface area contributed by atoms with Crippen LogP contribution in [0.3, 0.4) is 0 Å². The summed E-state index contributed by atoms with van der Waals surface area (Å²) in [7, 11) is 0. The standard InChI is InChI=1S/C9H14N2O3/c1-3-13-9(12)4-5-10-8-6-7(2)14-11-8/h6H,3-5H2,1-2H3,(H,10,11). The van der Waals surface area contributed by atoms with Crippen molar-refractivity contribution in [2.24, 2.45) is 0 Å². The van der Waals surface area contributed by atoms with Gasteiger partial charge in [-0.1, -0.05) is 5.16 Å². The second-order valence-corrected chi connectivity index (χ2v) is 2.80. The predicted molar refractivity (Wildman–Crippen MR) is 51.0 cm³/mol. The molecule has 0 aliphatic heterocycles. The van der Waals surface area contributed by atoms with Gasteiger partial charge in [0.2, 0.25) is 0 Å². The first kappa shape index (κ1) is 10.6. The molecule has 5 nitrogen and oxygen atoms in total. The fourth-order valence-corrected chi connectivity index (χ4v) is 0.976. The SMILES string of the molecule is CCOC(=O)CCNc1cc(C)on1. The van der Waals surface area contributed by atoms with Crippen molar-refractivity contribution in [3.05, 3.63) is 11.8 Å². The number of hydrogen-bond acceptors (Lipinski definition) is 5. The first-order valence-electron chi connectivity index (χ1n) is 4.55. The molecule has 0 atom stereocenters. The van der Waals surface area contributed by atoms with Gasteiger partial charge >= 0.3 is 5.97 Å². The van der Waals surface area contributed by atoms with Crippen LogP contribution in [0.2, 0.25) is 0 Å². The molecule has 0 bridgehead atoms. The number of esters is 1. The topological polar surface area (TPSA) is 64.4 Å². The Labute approximate surface area is 82.4 Å². The Bertz CT molecular complexity index is 296. The van der Waals surface area contributed by atoms with Crippen molar-refractivity contribution in [2.45, 2.75) is 20.3 Å². The van der Waals surface area contributed by atoms with Gasteiger partial charge < -0.3 is 14.6 Å². The molecule has 1 aromatic heterocycles. The molecule has 0 amide bonds. The highest BCUT2D eigenvalue weighted by atomic mass is 16.5. The van der Waals surface area contributed by atoms with Crippen molar-refractivity contribution in [3.8, 4) is 0 Å². The van der Waals surface area contributed by atoms with E-state index in [0.29, 0.717) is 25.4 Å². The summed E-state index contributed by atoms with van der Waals surface area (Å²) in [5, 5.41) is 6.67. The maximum Gasteiger partial charge on any atom is 0.307 e. The summed E-state index contributed by atoms with van der Waals surface area (Å²) in [6.45, 7) is 4.52. The van der Waals surface area contributed by atoms with Gasteiger partial charge in [-0.3, -0.25) is 4.79 Å². The van der Waals surface area contributed by atoms with Crippen LogP contribution in [0.4, 0.5) is 5.82 Å². The van der Waals surface area contributed by atoms with Crippen molar-refractivity contribution >= 4 is 11.8 Å². The smallest absolute Gasteiger partial charge is 0.307 e. The molecule has 1 aromatic rings. The van der Waals surface area contributed by atoms with Crippen LogP contribution in [-0.2, 0) is 9.53 Å². The Morgan fingerprint density at radius 3 is 3.07 bits per heavy atom. The summed E-state index contributed by atoms with van der Waals surface area (Å²) in [5.41, 5.74) is 0. The van der Waals surface area contributed by atoms with Gasteiger partial charge in [0.05, 0.1) is 13.0 Å². The fourth-order valence-electron chi connectivity index (χ4n) is 0.976. The van der Waals surface area contributed by atoms with Crippen LogP contribution >= 0.6 is 0 Å². The number of anilines is 1. The molecule has 0 aromatic carbocycles. The molecule has 0 unspecified atom stereocenters. The summed E-state index contributed by atoms with van der Waals surface area (Å²) in [6.07, 6.45) is 0.333. The number of aromatic nitrogens is 1. The van der Waals surface area contributed by atoms with Crippen molar-refractivity contribution < 1.29 is 14.1 Å². The van der Waals surface area contributed by atoms with E-state index in [1.54, 1.807) is 13.0 Å². The molecule has 1 rings (SSSR count). The zero-order chi connectivity index (χ0) is 10.4. The number of rotatable bonds is 5. The highest BCUT2D eigenvalue weighted by Gasteiger charge is 2.02.